The van der Waals surface area contributed by atoms with Crippen LogP contribution in [0.3, 0.4) is 0 Å². The molecule has 0 radical (unpaired) electrons. The van der Waals surface area contributed by atoms with Crippen LogP contribution in [-0.4, -0.2) is 32.9 Å². The van der Waals surface area contributed by atoms with Crippen LogP contribution in [0.25, 0.3) is 0 Å². The van der Waals surface area contributed by atoms with Crippen molar-refractivity contribution < 1.29 is 9.47 Å². The maximum absolute atomic E-state index is 5.67. The number of benzene rings is 1. The predicted molar refractivity (Wildman–Crippen MR) is 82.5 cm³/mol. The van der Waals surface area contributed by atoms with Crippen molar-refractivity contribution in [2.75, 3.05) is 32.9 Å². The molecule has 0 atom stereocenters. The Morgan fingerprint density at radius 1 is 1.30 bits per heavy atom. The number of hydrogen-bond acceptors (Lipinski definition) is 3. The minimum absolute atomic E-state index is 0.702. The van der Waals surface area contributed by atoms with Gasteiger partial charge in [-0.15, -0.1) is 0 Å². The molecule has 1 N–H and O–H groups in total. The SMILES string of the molecule is CC(C)CNCCOCCc1ccc2c(c1)CCCO2. The highest BCUT2D eigenvalue weighted by molar-refractivity contribution is 5.38. The fourth-order valence-corrected chi connectivity index (χ4v) is 2.40. The highest BCUT2D eigenvalue weighted by Crippen LogP contribution is 2.25. The molecule has 0 unspecified atom stereocenters. The second-order valence-electron chi connectivity index (χ2n) is 5.85. The topological polar surface area (TPSA) is 30.5 Å². The van der Waals surface area contributed by atoms with Crippen LogP contribution in [0.1, 0.15) is 31.4 Å². The molecule has 0 aromatic heterocycles. The lowest BCUT2D eigenvalue weighted by Gasteiger charge is -2.17. The molecular formula is C17H27NO2. The van der Waals surface area contributed by atoms with Crippen molar-refractivity contribution in [3.8, 4) is 5.75 Å². The van der Waals surface area contributed by atoms with E-state index >= 15 is 0 Å². The molecule has 1 aliphatic heterocycles. The molecular weight excluding hydrogens is 250 g/mol. The Hall–Kier alpha value is -1.06. The Balaban J connectivity index is 1.62. The Kier molecular flexibility index (Phi) is 6.34. The molecule has 1 aromatic rings. The first-order chi connectivity index (χ1) is 9.75. The van der Waals surface area contributed by atoms with Gasteiger partial charge in [-0.1, -0.05) is 26.0 Å². The van der Waals surface area contributed by atoms with Crippen LogP contribution in [0.15, 0.2) is 18.2 Å². The average Bonchev–Trinajstić information content (AvgIpc) is 2.46. The van der Waals surface area contributed by atoms with Crippen molar-refractivity contribution in [2.24, 2.45) is 5.92 Å². The van der Waals surface area contributed by atoms with Gasteiger partial charge in [0, 0.05) is 6.54 Å². The number of hydrogen-bond donors (Lipinski definition) is 1. The third-order valence-electron chi connectivity index (χ3n) is 3.48. The minimum Gasteiger partial charge on any atom is -0.493 e. The second kappa shape index (κ2) is 8.28. The first-order valence-corrected chi connectivity index (χ1v) is 7.79. The van der Waals surface area contributed by atoms with Gasteiger partial charge in [0.05, 0.1) is 19.8 Å². The quantitative estimate of drug-likeness (QED) is 0.741. The Morgan fingerprint density at radius 3 is 3.05 bits per heavy atom. The van der Waals surface area contributed by atoms with E-state index in [9.17, 15) is 0 Å². The molecule has 0 spiro atoms. The van der Waals surface area contributed by atoms with Crippen LogP contribution in [-0.2, 0) is 17.6 Å². The van der Waals surface area contributed by atoms with E-state index in [0.717, 1.165) is 57.9 Å². The van der Waals surface area contributed by atoms with Crippen molar-refractivity contribution in [3.05, 3.63) is 29.3 Å². The molecule has 3 nitrogen and oxygen atoms in total. The molecule has 1 aromatic carbocycles. The summed E-state index contributed by atoms with van der Waals surface area (Å²) in [4.78, 5) is 0. The summed E-state index contributed by atoms with van der Waals surface area (Å²) in [5, 5.41) is 3.38. The van der Waals surface area contributed by atoms with Crippen LogP contribution in [0.5, 0.6) is 5.75 Å². The lowest BCUT2D eigenvalue weighted by Crippen LogP contribution is -2.24. The highest BCUT2D eigenvalue weighted by atomic mass is 16.5. The smallest absolute Gasteiger partial charge is 0.122 e. The molecule has 0 fully saturated rings. The number of nitrogens with one attached hydrogen (secondary N) is 1. The van der Waals surface area contributed by atoms with Crippen molar-refractivity contribution in [1.29, 1.82) is 0 Å². The molecule has 0 bridgehead atoms. The van der Waals surface area contributed by atoms with Gasteiger partial charge < -0.3 is 14.8 Å². The standard InChI is InChI=1S/C17H27NO2/c1-14(2)13-18-8-11-19-10-7-15-5-6-17-16(12-15)4-3-9-20-17/h5-6,12,14,18H,3-4,7-11,13H2,1-2H3. The van der Waals surface area contributed by atoms with Gasteiger partial charge in [-0.25, -0.2) is 0 Å². The number of rotatable bonds is 8. The van der Waals surface area contributed by atoms with E-state index < -0.39 is 0 Å². The predicted octanol–water partition coefficient (Wildman–Crippen LogP) is 2.82. The molecule has 1 aliphatic rings. The summed E-state index contributed by atoms with van der Waals surface area (Å²) in [5.41, 5.74) is 2.71. The Bertz CT molecular complexity index is 404. The number of fused-ring (bicyclic) bond motifs is 1. The largest absolute Gasteiger partial charge is 0.493 e. The highest BCUT2D eigenvalue weighted by Gasteiger charge is 2.10. The fourth-order valence-electron chi connectivity index (χ4n) is 2.40. The first-order valence-electron chi connectivity index (χ1n) is 7.79. The van der Waals surface area contributed by atoms with Gasteiger partial charge in [0.15, 0.2) is 0 Å². The van der Waals surface area contributed by atoms with Crippen LogP contribution >= 0.6 is 0 Å². The molecule has 0 amide bonds. The molecule has 0 aliphatic carbocycles. The minimum atomic E-state index is 0.702. The number of ether oxygens (including phenoxy) is 2. The van der Waals surface area contributed by atoms with Gasteiger partial charge in [-0.3, -0.25) is 0 Å². The van der Waals surface area contributed by atoms with Gasteiger partial charge >= 0.3 is 0 Å². The van der Waals surface area contributed by atoms with E-state index in [1.165, 1.54) is 11.1 Å². The molecule has 0 saturated carbocycles. The summed E-state index contributed by atoms with van der Waals surface area (Å²) in [5.74, 6) is 1.77. The normalized spacial score (nSPS) is 14.2. The van der Waals surface area contributed by atoms with Gasteiger partial charge in [0.25, 0.3) is 0 Å². The summed E-state index contributed by atoms with van der Waals surface area (Å²) < 4.78 is 11.3. The molecule has 0 saturated heterocycles. The van der Waals surface area contributed by atoms with Crippen LogP contribution < -0.4 is 10.1 Å². The van der Waals surface area contributed by atoms with E-state index in [1.54, 1.807) is 0 Å². The third kappa shape index (κ3) is 5.14. The van der Waals surface area contributed by atoms with Gasteiger partial charge in [0.2, 0.25) is 0 Å². The van der Waals surface area contributed by atoms with E-state index in [2.05, 4.69) is 37.4 Å². The summed E-state index contributed by atoms with van der Waals surface area (Å²) in [6.07, 6.45) is 3.26. The fraction of sp³-hybridized carbons (Fsp3) is 0.647. The molecule has 2 rings (SSSR count). The second-order valence-corrected chi connectivity index (χ2v) is 5.85. The van der Waals surface area contributed by atoms with Crippen molar-refractivity contribution >= 4 is 0 Å². The van der Waals surface area contributed by atoms with Gasteiger partial charge in [0.1, 0.15) is 5.75 Å². The zero-order chi connectivity index (χ0) is 14.2. The van der Waals surface area contributed by atoms with Gasteiger partial charge in [-0.2, -0.15) is 0 Å². The van der Waals surface area contributed by atoms with Crippen molar-refractivity contribution in [3.63, 3.8) is 0 Å². The van der Waals surface area contributed by atoms with E-state index in [-0.39, 0.29) is 0 Å². The maximum Gasteiger partial charge on any atom is 0.122 e. The lowest BCUT2D eigenvalue weighted by molar-refractivity contribution is 0.138. The summed E-state index contributed by atoms with van der Waals surface area (Å²) >= 11 is 0. The summed E-state index contributed by atoms with van der Waals surface area (Å²) in [6.45, 7) is 8.88. The lowest BCUT2D eigenvalue weighted by atomic mass is 10.0. The molecule has 20 heavy (non-hydrogen) atoms. The average molecular weight is 277 g/mol. The zero-order valence-corrected chi connectivity index (χ0v) is 12.8. The summed E-state index contributed by atoms with van der Waals surface area (Å²) in [6, 6.07) is 6.54. The molecule has 1 heterocycles. The zero-order valence-electron chi connectivity index (χ0n) is 12.8. The molecule has 3 heteroatoms. The van der Waals surface area contributed by atoms with Crippen LogP contribution in [0.4, 0.5) is 0 Å². The number of aryl methyl sites for hydroxylation is 1. The van der Waals surface area contributed by atoms with Crippen LogP contribution in [0, 0.1) is 5.92 Å². The van der Waals surface area contributed by atoms with E-state index in [1.807, 2.05) is 0 Å². The Morgan fingerprint density at radius 2 is 2.20 bits per heavy atom. The maximum atomic E-state index is 5.67. The molecule has 112 valence electrons. The Labute approximate surface area is 122 Å². The van der Waals surface area contributed by atoms with Crippen molar-refractivity contribution in [2.45, 2.75) is 33.1 Å². The summed E-state index contributed by atoms with van der Waals surface area (Å²) in [7, 11) is 0. The first kappa shape index (κ1) is 15.3. The van der Waals surface area contributed by atoms with E-state index in [4.69, 9.17) is 9.47 Å². The third-order valence-corrected chi connectivity index (χ3v) is 3.48. The van der Waals surface area contributed by atoms with Crippen molar-refractivity contribution in [1.82, 2.24) is 5.32 Å². The van der Waals surface area contributed by atoms with Crippen LogP contribution in [0.2, 0.25) is 0 Å². The monoisotopic (exact) mass is 277 g/mol. The van der Waals surface area contributed by atoms with Gasteiger partial charge in [-0.05, 0) is 48.9 Å². The van der Waals surface area contributed by atoms with E-state index in [0.29, 0.717) is 5.92 Å².